The topological polar surface area (TPSA) is 41.6 Å². The predicted molar refractivity (Wildman–Crippen MR) is 82.9 cm³/mol. The van der Waals surface area contributed by atoms with Gasteiger partial charge < -0.3 is 15.0 Å². The quantitative estimate of drug-likeness (QED) is 0.635. The summed E-state index contributed by atoms with van der Waals surface area (Å²) >= 11 is 0. The third kappa shape index (κ3) is 6.94. The lowest BCUT2D eigenvalue weighted by Crippen LogP contribution is -2.38. The number of allylic oxidation sites excluding steroid dienone is 1. The number of ether oxygens (including phenoxy) is 1. The second-order valence-electron chi connectivity index (χ2n) is 6.41. The fraction of sp³-hybridized carbons (Fsp3) is 0.812. The maximum atomic E-state index is 12.0. The molecule has 116 valence electrons. The third-order valence-electron chi connectivity index (χ3n) is 3.36. The molecule has 0 aromatic carbocycles. The summed E-state index contributed by atoms with van der Waals surface area (Å²) in [5, 5.41) is 3.57. The Bertz CT molecular complexity index is 321. The molecule has 4 heteroatoms. The number of nitrogens with zero attached hydrogens (tertiary/aromatic N) is 1. The monoisotopic (exact) mass is 282 g/mol. The molecule has 0 spiro atoms. The van der Waals surface area contributed by atoms with Crippen molar-refractivity contribution < 1.29 is 9.53 Å². The van der Waals surface area contributed by atoms with Crippen LogP contribution in [0.4, 0.5) is 4.79 Å². The van der Waals surface area contributed by atoms with Crippen LogP contribution in [0.25, 0.3) is 0 Å². The molecule has 0 radical (unpaired) electrons. The Labute approximate surface area is 123 Å². The van der Waals surface area contributed by atoms with Gasteiger partial charge in [-0.05, 0) is 59.9 Å². The fourth-order valence-electron chi connectivity index (χ4n) is 2.35. The molecule has 0 aliphatic carbocycles. The molecule has 0 bridgehead atoms. The van der Waals surface area contributed by atoms with Gasteiger partial charge in [0.1, 0.15) is 5.60 Å². The molecule has 1 aliphatic heterocycles. The maximum absolute atomic E-state index is 12.0. The number of carbonyl (C=O) groups is 1. The lowest BCUT2D eigenvalue weighted by atomic mass is 10.1. The van der Waals surface area contributed by atoms with E-state index in [-0.39, 0.29) is 6.09 Å². The summed E-state index contributed by atoms with van der Waals surface area (Å²) in [4.78, 5) is 13.9. The number of nitrogens with one attached hydrogen (secondary N) is 1. The van der Waals surface area contributed by atoms with Crippen molar-refractivity contribution in [1.29, 1.82) is 0 Å². The minimum Gasteiger partial charge on any atom is -0.444 e. The normalized spacial score (nSPS) is 21.0. The van der Waals surface area contributed by atoms with Gasteiger partial charge in [-0.1, -0.05) is 12.2 Å². The summed E-state index contributed by atoms with van der Waals surface area (Å²) in [7, 11) is 0. The molecule has 1 rings (SSSR count). The van der Waals surface area contributed by atoms with Gasteiger partial charge in [0.05, 0.1) is 0 Å². The van der Waals surface area contributed by atoms with Gasteiger partial charge in [-0.15, -0.1) is 0 Å². The first kappa shape index (κ1) is 17.0. The van der Waals surface area contributed by atoms with Crippen LogP contribution in [0.3, 0.4) is 0 Å². The molecule has 1 aliphatic rings. The Kier molecular flexibility index (Phi) is 7.06. The summed E-state index contributed by atoms with van der Waals surface area (Å²) in [6.07, 6.45) is 8.34. The first-order valence-electron chi connectivity index (χ1n) is 7.75. The van der Waals surface area contributed by atoms with E-state index in [1.807, 2.05) is 32.6 Å². The Hall–Kier alpha value is -1.03. The molecule has 1 amide bonds. The summed E-state index contributed by atoms with van der Waals surface area (Å²) in [5.74, 6) is 0. The summed E-state index contributed by atoms with van der Waals surface area (Å²) < 4.78 is 5.44. The molecule has 1 fully saturated rings. The summed E-state index contributed by atoms with van der Waals surface area (Å²) in [6, 6.07) is 0.521. The molecule has 1 atom stereocenters. The molecule has 4 nitrogen and oxygen atoms in total. The first-order valence-corrected chi connectivity index (χ1v) is 7.75. The van der Waals surface area contributed by atoms with Gasteiger partial charge in [-0.25, -0.2) is 4.79 Å². The molecule has 1 heterocycles. The van der Waals surface area contributed by atoms with Crippen molar-refractivity contribution in [3.8, 4) is 0 Å². The highest BCUT2D eigenvalue weighted by atomic mass is 16.6. The molecule has 1 unspecified atom stereocenters. The minimum atomic E-state index is -0.409. The number of rotatable bonds is 4. The van der Waals surface area contributed by atoms with E-state index in [1.54, 1.807) is 0 Å². The van der Waals surface area contributed by atoms with Crippen LogP contribution in [-0.2, 0) is 4.74 Å². The number of hydrogen-bond acceptors (Lipinski definition) is 3. The molecule has 1 N–H and O–H groups in total. The van der Waals surface area contributed by atoms with E-state index in [0.717, 1.165) is 45.3 Å². The largest absolute Gasteiger partial charge is 0.444 e. The molecule has 0 aromatic rings. The van der Waals surface area contributed by atoms with E-state index in [0.29, 0.717) is 6.04 Å². The zero-order valence-corrected chi connectivity index (χ0v) is 13.4. The van der Waals surface area contributed by atoms with Crippen LogP contribution < -0.4 is 5.32 Å². The van der Waals surface area contributed by atoms with Crippen molar-refractivity contribution in [3.63, 3.8) is 0 Å². The van der Waals surface area contributed by atoms with Crippen molar-refractivity contribution in [2.45, 2.75) is 65.0 Å². The highest BCUT2D eigenvalue weighted by Crippen LogP contribution is 2.15. The maximum Gasteiger partial charge on any atom is 0.410 e. The third-order valence-corrected chi connectivity index (χ3v) is 3.36. The smallest absolute Gasteiger partial charge is 0.410 e. The Morgan fingerprint density at radius 3 is 2.75 bits per heavy atom. The van der Waals surface area contributed by atoms with Crippen LogP contribution in [0, 0.1) is 0 Å². The van der Waals surface area contributed by atoms with Crippen LogP contribution in [0.1, 0.15) is 53.4 Å². The minimum absolute atomic E-state index is 0.174. The van der Waals surface area contributed by atoms with E-state index in [2.05, 4.69) is 17.5 Å². The second kappa shape index (κ2) is 8.30. The number of amides is 1. The van der Waals surface area contributed by atoms with E-state index in [4.69, 9.17) is 4.74 Å². The van der Waals surface area contributed by atoms with Crippen LogP contribution >= 0.6 is 0 Å². The molecule has 0 saturated carbocycles. The van der Waals surface area contributed by atoms with Gasteiger partial charge in [0.2, 0.25) is 0 Å². The van der Waals surface area contributed by atoms with E-state index in [9.17, 15) is 4.79 Å². The second-order valence-corrected chi connectivity index (χ2v) is 6.41. The molecular formula is C16H30N2O2. The van der Waals surface area contributed by atoms with Gasteiger partial charge in [0.15, 0.2) is 0 Å². The van der Waals surface area contributed by atoms with Crippen molar-refractivity contribution in [3.05, 3.63) is 12.2 Å². The number of likely N-dealkylation sites (tertiary alicyclic amines) is 1. The zero-order chi connectivity index (χ0) is 15.0. The zero-order valence-electron chi connectivity index (χ0n) is 13.4. The Balaban J connectivity index is 2.33. The highest BCUT2D eigenvalue weighted by Gasteiger charge is 2.24. The van der Waals surface area contributed by atoms with Crippen molar-refractivity contribution in [1.82, 2.24) is 10.2 Å². The fourth-order valence-corrected chi connectivity index (χ4v) is 2.35. The highest BCUT2D eigenvalue weighted by molar-refractivity contribution is 5.68. The SMILES string of the molecule is C/C=C/CCNC1CCCN(C(=O)OC(C)(C)C)CC1. The van der Waals surface area contributed by atoms with Gasteiger partial charge in [0.25, 0.3) is 0 Å². The molecule has 1 saturated heterocycles. The molecular weight excluding hydrogens is 252 g/mol. The summed E-state index contributed by atoms with van der Waals surface area (Å²) in [6.45, 7) is 10.4. The lowest BCUT2D eigenvalue weighted by molar-refractivity contribution is 0.0256. The van der Waals surface area contributed by atoms with Crippen molar-refractivity contribution in [2.24, 2.45) is 0 Å². The Morgan fingerprint density at radius 1 is 1.35 bits per heavy atom. The van der Waals surface area contributed by atoms with Crippen LogP contribution in [0.5, 0.6) is 0 Å². The van der Waals surface area contributed by atoms with E-state index in [1.165, 1.54) is 0 Å². The standard InChI is InChI=1S/C16H30N2O2/c1-5-6-7-11-17-14-9-8-12-18(13-10-14)15(19)20-16(2,3)4/h5-6,14,17H,7-13H2,1-4H3/b6-5+. The summed E-state index contributed by atoms with van der Waals surface area (Å²) in [5.41, 5.74) is -0.409. The predicted octanol–water partition coefficient (Wildman–Crippen LogP) is 3.33. The average molecular weight is 282 g/mol. The van der Waals surface area contributed by atoms with Crippen LogP contribution in [-0.4, -0.2) is 42.3 Å². The van der Waals surface area contributed by atoms with Crippen molar-refractivity contribution >= 4 is 6.09 Å². The number of hydrogen-bond donors (Lipinski definition) is 1. The van der Waals surface area contributed by atoms with Gasteiger partial charge >= 0.3 is 6.09 Å². The van der Waals surface area contributed by atoms with Gasteiger partial charge in [-0.3, -0.25) is 0 Å². The van der Waals surface area contributed by atoms with Gasteiger partial charge in [-0.2, -0.15) is 0 Å². The van der Waals surface area contributed by atoms with Gasteiger partial charge in [0, 0.05) is 19.1 Å². The van der Waals surface area contributed by atoms with Crippen LogP contribution in [0.15, 0.2) is 12.2 Å². The number of carbonyl (C=O) groups excluding carboxylic acids is 1. The van der Waals surface area contributed by atoms with E-state index >= 15 is 0 Å². The molecule has 0 aromatic heterocycles. The van der Waals surface area contributed by atoms with Crippen LogP contribution in [0.2, 0.25) is 0 Å². The molecule has 20 heavy (non-hydrogen) atoms. The first-order chi connectivity index (χ1) is 9.42. The Morgan fingerprint density at radius 2 is 2.10 bits per heavy atom. The lowest BCUT2D eigenvalue weighted by Gasteiger charge is -2.26. The van der Waals surface area contributed by atoms with E-state index < -0.39 is 5.60 Å². The average Bonchev–Trinajstić information content (AvgIpc) is 2.58. The van der Waals surface area contributed by atoms with Crippen molar-refractivity contribution in [2.75, 3.05) is 19.6 Å².